The lowest BCUT2D eigenvalue weighted by atomic mass is 10.2. The topological polar surface area (TPSA) is 38.8 Å². The molecule has 4 nitrogen and oxygen atoms in total. The van der Waals surface area contributed by atoms with Gasteiger partial charge in [0.05, 0.1) is 13.7 Å². The van der Waals surface area contributed by atoms with E-state index in [0.717, 1.165) is 28.5 Å². The van der Waals surface area contributed by atoms with Crippen LogP contribution in [0.1, 0.15) is 11.8 Å². The van der Waals surface area contributed by atoms with Crippen molar-refractivity contribution < 1.29 is 14.0 Å². The molecule has 0 saturated carbocycles. The molecular weight excluding hydrogens is 381 g/mol. The van der Waals surface area contributed by atoms with Gasteiger partial charge in [-0.25, -0.2) is 0 Å². The van der Waals surface area contributed by atoms with Gasteiger partial charge < -0.3 is 14.0 Å². The van der Waals surface area contributed by atoms with Gasteiger partial charge in [0.2, 0.25) is 0 Å². The first-order valence-corrected chi connectivity index (χ1v) is 11.8. The highest BCUT2D eigenvalue weighted by Crippen LogP contribution is 2.43. The van der Waals surface area contributed by atoms with Crippen molar-refractivity contribution in [1.29, 1.82) is 0 Å². The molecule has 1 aliphatic rings. The van der Waals surface area contributed by atoms with Crippen LogP contribution >= 0.6 is 7.14 Å². The fraction of sp³-hybridized carbons (Fsp3) is 0.250. The summed E-state index contributed by atoms with van der Waals surface area (Å²) in [5, 5.41) is 1.82. The van der Waals surface area contributed by atoms with Crippen molar-refractivity contribution in [2.24, 2.45) is 0 Å². The third-order valence-corrected chi connectivity index (χ3v) is 8.53. The van der Waals surface area contributed by atoms with Crippen LogP contribution in [0.4, 0.5) is 0 Å². The summed E-state index contributed by atoms with van der Waals surface area (Å²) in [7, 11) is -1.06. The average Bonchev–Trinajstić information content (AvgIpc) is 3.27. The predicted octanol–water partition coefficient (Wildman–Crippen LogP) is 4.04. The number of hydrogen-bond acceptors (Lipinski definition) is 4. The molecule has 0 bridgehead atoms. The zero-order valence-electron chi connectivity index (χ0n) is 16.6. The quantitative estimate of drug-likeness (QED) is 0.554. The number of hydrogen-bond donors (Lipinski definition) is 0. The Kier molecular flexibility index (Phi) is 6.15. The smallest absolute Gasteiger partial charge is 0.144 e. The van der Waals surface area contributed by atoms with Crippen LogP contribution in [0.5, 0.6) is 5.75 Å². The van der Waals surface area contributed by atoms with Crippen LogP contribution in [-0.2, 0) is 9.30 Å². The molecule has 3 aromatic carbocycles. The molecule has 1 heterocycles. The number of nitrogens with zero attached hydrogens (tertiary/aromatic N) is 1. The van der Waals surface area contributed by atoms with E-state index < -0.39 is 7.14 Å². The van der Waals surface area contributed by atoms with E-state index >= 15 is 0 Å². The second-order valence-corrected chi connectivity index (χ2v) is 10.1. The van der Waals surface area contributed by atoms with Crippen LogP contribution in [-0.4, -0.2) is 37.9 Å². The first-order valence-electron chi connectivity index (χ1n) is 9.90. The van der Waals surface area contributed by atoms with Gasteiger partial charge in [0.15, 0.2) is 0 Å². The van der Waals surface area contributed by atoms with Crippen LogP contribution in [0.25, 0.3) is 0 Å². The van der Waals surface area contributed by atoms with E-state index in [-0.39, 0.29) is 6.23 Å². The highest BCUT2D eigenvalue weighted by Gasteiger charge is 2.32. The molecule has 1 saturated heterocycles. The normalized spacial score (nSPS) is 17.3. The summed E-state index contributed by atoms with van der Waals surface area (Å²) in [4.78, 5) is 2.28. The van der Waals surface area contributed by atoms with E-state index in [0.29, 0.717) is 19.3 Å². The molecule has 4 rings (SSSR count). The van der Waals surface area contributed by atoms with Crippen LogP contribution < -0.4 is 15.3 Å². The van der Waals surface area contributed by atoms with Gasteiger partial charge in [-0.2, -0.15) is 0 Å². The SMILES string of the molecule is COc1ccc([C@H]2OCCN2CCP(=O)(c2ccccc2)c2ccccc2)cc1. The van der Waals surface area contributed by atoms with Crippen LogP contribution in [0, 0.1) is 0 Å². The van der Waals surface area contributed by atoms with Crippen molar-refractivity contribution in [2.75, 3.05) is 33.0 Å². The molecule has 3 aromatic rings. The summed E-state index contributed by atoms with van der Waals surface area (Å²) in [6.45, 7) is 2.22. The highest BCUT2D eigenvalue weighted by molar-refractivity contribution is 7.78. The predicted molar refractivity (Wildman–Crippen MR) is 118 cm³/mol. The molecule has 0 aromatic heterocycles. The van der Waals surface area contributed by atoms with Crippen molar-refractivity contribution in [3.63, 3.8) is 0 Å². The second kappa shape index (κ2) is 8.96. The Morgan fingerprint density at radius 3 is 2.07 bits per heavy atom. The summed E-state index contributed by atoms with van der Waals surface area (Å²) in [6.07, 6.45) is 0.470. The summed E-state index contributed by atoms with van der Waals surface area (Å²) >= 11 is 0. The molecule has 0 N–H and O–H groups in total. The Hall–Kier alpha value is -2.39. The molecular formula is C24H26NO3P. The van der Waals surface area contributed by atoms with E-state index in [1.165, 1.54) is 0 Å². The fourth-order valence-corrected chi connectivity index (χ4v) is 6.48. The Morgan fingerprint density at radius 2 is 1.52 bits per heavy atom. The number of ether oxygens (including phenoxy) is 2. The standard InChI is InChI=1S/C24H26NO3P/c1-27-21-14-12-20(13-15-21)24-25(16-18-28-24)17-19-29(26,22-8-4-2-5-9-22)23-10-6-3-7-11-23/h2-15,24H,16-19H2,1H3/t24-/m1/s1. The second-order valence-electron chi connectivity index (χ2n) is 7.17. The largest absolute Gasteiger partial charge is 0.497 e. The van der Waals surface area contributed by atoms with Gasteiger partial charge >= 0.3 is 0 Å². The van der Waals surface area contributed by atoms with Crippen LogP contribution in [0.15, 0.2) is 84.9 Å². The third kappa shape index (κ3) is 4.30. The summed E-state index contributed by atoms with van der Waals surface area (Å²) in [5.74, 6) is 0.830. The fourth-order valence-electron chi connectivity index (χ4n) is 3.82. The van der Waals surface area contributed by atoms with Crippen molar-refractivity contribution in [3.8, 4) is 5.75 Å². The summed E-state index contributed by atoms with van der Waals surface area (Å²) in [5.41, 5.74) is 1.09. The number of rotatable bonds is 7. The first kappa shape index (κ1) is 19.9. The van der Waals surface area contributed by atoms with Gasteiger partial charge in [0.1, 0.15) is 19.1 Å². The molecule has 5 heteroatoms. The van der Waals surface area contributed by atoms with E-state index in [2.05, 4.69) is 4.90 Å². The van der Waals surface area contributed by atoms with Gasteiger partial charge in [-0.15, -0.1) is 0 Å². The van der Waals surface area contributed by atoms with Gasteiger partial charge in [-0.3, -0.25) is 4.90 Å². The Bertz CT molecular complexity index is 917. The molecule has 0 aliphatic carbocycles. The lowest BCUT2D eigenvalue weighted by Crippen LogP contribution is -2.30. The summed E-state index contributed by atoms with van der Waals surface area (Å²) < 4.78 is 25.5. The van der Waals surface area contributed by atoms with Crippen molar-refractivity contribution in [2.45, 2.75) is 6.23 Å². The Balaban J connectivity index is 1.56. The molecule has 150 valence electrons. The van der Waals surface area contributed by atoms with E-state index in [1.807, 2.05) is 84.9 Å². The maximum absolute atomic E-state index is 14.2. The van der Waals surface area contributed by atoms with Crippen LogP contribution in [0.3, 0.4) is 0 Å². The molecule has 1 fully saturated rings. The van der Waals surface area contributed by atoms with Gasteiger partial charge in [0, 0.05) is 29.9 Å². The molecule has 1 aliphatic heterocycles. The van der Waals surface area contributed by atoms with E-state index in [1.54, 1.807) is 7.11 Å². The average molecular weight is 407 g/mol. The molecule has 0 spiro atoms. The van der Waals surface area contributed by atoms with Gasteiger partial charge in [0.25, 0.3) is 0 Å². The number of methoxy groups -OCH3 is 1. The zero-order chi connectivity index (χ0) is 20.1. The van der Waals surface area contributed by atoms with Crippen LogP contribution in [0.2, 0.25) is 0 Å². The van der Waals surface area contributed by atoms with E-state index in [9.17, 15) is 4.57 Å². The van der Waals surface area contributed by atoms with E-state index in [4.69, 9.17) is 9.47 Å². The summed E-state index contributed by atoms with van der Waals surface area (Å²) in [6, 6.07) is 27.7. The molecule has 29 heavy (non-hydrogen) atoms. The highest BCUT2D eigenvalue weighted by atomic mass is 31.2. The van der Waals surface area contributed by atoms with Gasteiger partial charge in [-0.05, 0) is 17.7 Å². The minimum absolute atomic E-state index is 0.110. The Labute approximate surface area is 172 Å². The van der Waals surface area contributed by atoms with Crippen molar-refractivity contribution in [3.05, 3.63) is 90.5 Å². The molecule has 0 radical (unpaired) electrons. The minimum atomic E-state index is -2.72. The first-order chi connectivity index (χ1) is 14.2. The molecule has 0 amide bonds. The third-order valence-electron chi connectivity index (χ3n) is 5.44. The molecule has 0 unspecified atom stereocenters. The zero-order valence-corrected chi connectivity index (χ0v) is 17.5. The van der Waals surface area contributed by atoms with Gasteiger partial charge in [-0.1, -0.05) is 72.8 Å². The van der Waals surface area contributed by atoms with Crippen molar-refractivity contribution >= 4 is 17.8 Å². The Morgan fingerprint density at radius 1 is 0.931 bits per heavy atom. The monoisotopic (exact) mass is 407 g/mol. The molecule has 1 atom stereocenters. The lowest BCUT2D eigenvalue weighted by Gasteiger charge is -2.26. The maximum atomic E-state index is 14.2. The van der Waals surface area contributed by atoms with Crippen molar-refractivity contribution in [1.82, 2.24) is 4.90 Å². The lowest BCUT2D eigenvalue weighted by molar-refractivity contribution is 0.0356. The number of benzene rings is 3. The minimum Gasteiger partial charge on any atom is -0.497 e. The maximum Gasteiger partial charge on any atom is 0.144 e.